The van der Waals surface area contributed by atoms with Gasteiger partial charge in [0.05, 0.1) is 22.8 Å². The van der Waals surface area contributed by atoms with Crippen molar-refractivity contribution in [2.45, 2.75) is 0 Å². The lowest BCUT2D eigenvalue weighted by Crippen LogP contribution is -1.90. The molecule has 2 heterocycles. The lowest BCUT2D eigenvalue weighted by atomic mass is 9.93. The topological polar surface area (TPSA) is 28.2 Å². The summed E-state index contributed by atoms with van der Waals surface area (Å²) < 4.78 is 2.21. The van der Waals surface area contributed by atoms with E-state index in [-0.39, 0.29) is 0 Å². The van der Waals surface area contributed by atoms with E-state index in [9.17, 15) is 5.26 Å². The maximum Gasteiger partial charge on any atom is 0.0992 e. The Kier molecular flexibility index (Phi) is 4.20. The summed E-state index contributed by atoms with van der Waals surface area (Å²) in [5, 5.41) is 9.51. The van der Waals surface area contributed by atoms with Crippen molar-refractivity contribution in [3.05, 3.63) is 115 Å². The van der Waals surface area contributed by atoms with Gasteiger partial charge in [-0.15, -0.1) is 0 Å². The minimum atomic E-state index is 0.659. The first-order valence-corrected chi connectivity index (χ1v) is 9.61. The molecule has 3 aromatic carbocycles. The predicted octanol–water partition coefficient (Wildman–Crippen LogP) is 6.81. The zero-order valence-corrected chi connectivity index (χ0v) is 15.8. The van der Waals surface area contributed by atoms with Crippen molar-refractivity contribution in [1.29, 1.82) is 5.26 Å². The maximum atomic E-state index is 9.51. The molecule has 0 amide bonds. The van der Waals surface area contributed by atoms with Gasteiger partial charge in [0.1, 0.15) is 0 Å². The zero-order valence-electron chi connectivity index (χ0n) is 15.8. The summed E-state index contributed by atoms with van der Waals surface area (Å²) in [5.41, 5.74) is 8.60. The van der Waals surface area contributed by atoms with Crippen molar-refractivity contribution in [2.75, 3.05) is 0 Å². The van der Waals surface area contributed by atoms with Crippen molar-refractivity contribution in [2.24, 2.45) is 0 Å². The van der Waals surface area contributed by atoms with Crippen LogP contribution in [0.25, 0.3) is 39.0 Å². The Balaban J connectivity index is 1.99. The molecule has 0 atom stereocenters. The molecule has 0 radical (unpaired) electrons. The summed E-state index contributed by atoms with van der Waals surface area (Å²) >= 11 is 0. The minimum Gasteiger partial charge on any atom is -0.315 e. The van der Waals surface area contributed by atoms with Gasteiger partial charge in [-0.3, -0.25) is 0 Å². The molecule has 5 aromatic rings. The molecule has 0 aliphatic carbocycles. The molecular formula is C27H18N2. The molecule has 2 nitrogen and oxygen atoms in total. The second-order valence-corrected chi connectivity index (χ2v) is 6.98. The summed E-state index contributed by atoms with van der Waals surface area (Å²) in [6, 6.07) is 37.5. The Morgan fingerprint density at radius 2 is 1.10 bits per heavy atom. The standard InChI is InChI=1S/C27H18N2/c28-19-20-16-17-29-24(18-20)25(21-10-4-1-5-11-21)26(22-12-6-2-7-13-22)27(29)23-14-8-3-9-15-23/h1-18H. The summed E-state index contributed by atoms with van der Waals surface area (Å²) in [6.07, 6.45) is 2.01. The van der Waals surface area contributed by atoms with E-state index in [0.717, 1.165) is 33.5 Å². The van der Waals surface area contributed by atoms with Crippen molar-refractivity contribution >= 4 is 5.52 Å². The normalized spacial score (nSPS) is 10.7. The first kappa shape index (κ1) is 17.0. The van der Waals surface area contributed by atoms with Crippen molar-refractivity contribution in [1.82, 2.24) is 4.40 Å². The molecule has 29 heavy (non-hydrogen) atoms. The van der Waals surface area contributed by atoms with E-state index in [1.807, 2.05) is 36.5 Å². The van der Waals surface area contributed by atoms with Gasteiger partial charge in [0.25, 0.3) is 0 Å². The van der Waals surface area contributed by atoms with Gasteiger partial charge in [0.2, 0.25) is 0 Å². The average molecular weight is 370 g/mol. The Morgan fingerprint density at radius 3 is 1.66 bits per heavy atom. The number of hydrogen-bond acceptors (Lipinski definition) is 1. The maximum absolute atomic E-state index is 9.51. The fourth-order valence-electron chi connectivity index (χ4n) is 3.99. The molecular weight excluding hydrogens is 352 g/mol. The van der Waals surface area contributed by atoms with Crippen LogP contribution in [0.2, 0.25) is 0 Å². The number of benzene rings is 3. The van der Waals surface area contributed by atoms with E-state index in [0.29, 0.717) is 5.56 Å². The van der Waals surface area contributed by atoms with Gasteiger partial charge in [-0.1, -0.05) is 91.0 Å². The fourth-order valence-corrected chi connectivity index (χ4v) is 3.99. The van der Waals surface area contributed by atoms with Crippen LogP contribution in [0.5, 0.6) is 0 Å². The van der Waals surface area contributed by atoms with Crippen LogP contribution in [0.15, 0.2) is 109 Å². The monoisotopic (exact) mass is 370 g/mol. The first-order valence-electron chi connectivity index (χ1n) is 9.61. The van der Waals surface area contributed by atoms with Gasteiger partial charge in [-0.05, 0) is 28.8 Å². The van der Waals surface area contributed by atoms with Gasteiger partial charge in [0, 0.05) is 17.3 Å². The van der Waals surface area contributed by atoms with Crippen molar-refractivity contribution < 1.29 is 0 Å². The number of hydrogen-bond donors (Lipinski definition) is 0. The molecule has 0 fully saturated rings. The van der Waals surface area contributed by atoms with Crippen LogP contribution in [0.4, 0.5) is 0 Å². The van der Waals surface area contributed by atoms with Crippen LogP contribution in [-0.4, -0.2) is 4.40 Å². The molecule has 0 saturated carbocycles. The highest BCUT2D eigenvalue weighted by atomic mass is 14.9. The minimum absolute atomic E-state index is 0.659. The second-order valence-electron chi connectivity index (χ2n) is 6.98. The fraction of sp³-hybridized carbons (Fsp3) is 0. The summed E-state index contributed by atoms with van der Waals surface area (Å²) in [6.45, 7) is 0. The lowest BCUT2D eigenvalue weighted by molar-refractivity contribution is 1.20. The van der Waals surface area contributed by atoms with Crippen LogP contribution in [0, 0.1) is 11.3 Å². The van der Waals surface area contributed by atoms with Crippen LogP contribution in [-0.2, 0) is 0 Å². The summed E-state index contributed by atoms with van der Waals surface area (Å²) in [4.78, 5) is 0. The SMILES string of the molecule is N#Cc1ccn2c(-c3ccccc3)c(-c3ccccc3)c(-c3ccccc3)c2c1. The third kappa shape index (κ3) is 2.90. The molecule has 2 aromatic heterocycles. The molecule has 0 spiro atoms. The van der Waals surface area contributed by atoms with Gasteiger partial charge in [-0.2, -0.15) is 5.26 Å². The highest BCUT2D eigenvalue weighted by Gasteiger charge is 2.22. The number of nitrogens with zero attached hydrogens (tertiary/aromatic N) is 2. The lowest BCUT2D eigenvalue weighted by Gasteiger charge is -2.09. The highest BCUT2D eigenvalue weighted by molar-refractivity contribution is 6.02. The van der Waals surface area contributed by atoms with Crippen molar-refractivity contribution in [3.8, 4) is 39.6 Å². The molecule has 136 valence electrons. The predicted molar refractivity (Wildman–Crippen MR) is 118 cm³/mol. The Bertz CT molecular complexity index is 1330. The van der Waals surface area contributed by atoms with E-state index in [1.165, 1.54) is 5.56 Å². The van der Waals surface area contributed by atoms with Crippen LogP contribution < -0.4 is 0 Å². The molecule has 5 rings (SSSR count). The van der Waals surface area contributed by atoms with Crippen molar-refractivity contribution in [3.63, 3.8) is 0 Å². The molecule has 0 bridgehead atoms. The third-order valence-corrected chi connectivity index (χ3v) is 5.24. The van der Waals surface area contributed by atoms with Crippen LogP contribution >= 0.6 is 0 Å². The summed E-state index contributed by atoms with van der Waals surface area (Å²) in [7, 11) is 0. The number of fused-ring (bicyclic) bond motifs is 1. The molecule has 0 aliphatic rings. The third-order valence-electron chi connectivity index (χ3n) is 5.24. The van der Waals surface area contributed by atoms with Gasteiger partial charge >= 0.3 is 0 Å². The van der Waals surface area contributed by atoms with E-state index in [2.05, 4.69) is 83.3 Å². The Morgan fingerprint density at radius 1 is 0.586 bits per heavy atom. The number of pyridine rings is 1. The highest BCUT2D eigenvalue weighted by Crippen LogP contribution is 2.44. The average Bonchev–Trinajstić information content (AvgIpc) is 3.15. The Hall–Kier alpha value is -4.09. The molecule has 0 saturated heterocycles. The van der Waals surface area contributed by atoms with Gasteiger partial charge in [0.15, 0.2) is 0 Å². The molecule has 0 unspecified atom stereocenters. The largest absolute Gasteiger partial charge is 0.315 e. The molecule has 2 heteroatoms. The van der Waals surface area contributed by atoms with Gasteiger partial charge < -0.3 is 4.40 Å². The smallest absolute Gasteiger partial charge is 0.0992 e. The van der Waals surface area contributed by atoms with Gasteiger partial charge in [-0.25, -0.2) is 0 Å². The number of nitriles is 1. The molecule has 0 N–H and O–H groups in total. The number of aromatic nitrogens is 1. The summed E-state index contributed by atoms with van der Waals surface area (Å²) in [5.74, 6) is 0. The quantitative estimate of drug-likeness (QED) is 0.343. The number of rotatable bonds is 3. The van der Waals surface area contributed by atoms with Crippen LogP contribution in [0.1, 0.15) is 5.56 Å². The van der Waals surface area contributed by atoms with E-state index >= 15 is 0 Å². The molecule has 0 aliphatic heterocycles. The second kappa shape index (κ2) is 7.14. The first-order chi connectivity index (χ1) is 14.4. The van der Waals surface area contributed by atoms with E-state index < -0.39 is 0 Å². The Labute approximate surface area is 169 Å². The van der Waals surface area contributed by atoms with E-state index in [4.69, 9.17) is 0 Å². The zero-order chi connectivity index (χ0) is 19.6. The van der Waals surface area contributed by atoms with E-state index in [1.54, 1.807) is 0 Å². The van der Waals surface area contributed by atoms with Crippen LogP contribution in [0.3, 0.4) is 0 Å².